The second-order valence-corrected chi connectivity index (χ2v) is 3.77. The number of carbonyl (C=O) groups is 2. The van der Waals surface area contributed by atoms with Crippen molar-refractivity contribution in [2.45, 2.75) is 32.6 Å². The summed E-state index contributed by atoms with van der Waals surface area (Å²) >= 11 is 0. The van der Waals surface area contributed by atoms with Gasteiger partial charge in [0.1, 0.15) is 0 Å². The summed E-state index contributed by atoms with van der Waals surface area (Å²) in [6.07, 6.45) is 3.43. The second-order valence-electron chi connectivity index (χ2n) is 3.77. The van der Waals surface area contributed by atoms with Gasteiger partial charge in [0.2, 0.25) is 0 Å². The van der Waals surface area contributed by atoms with Gasteiger partial charge < -0.3 is 9.47 Å². The maximum atomic E-state index is 11.6. The van der Waals surface area contributed by atoms with Crippen molar-refractivity contribution in [1.29, 1.82) is 0 Å². The van der Waals surface area contributed by atoms with Crippen LogP contribution in [0.2, 0.25) is 0 Å². The highest BCUT2D eigenvalue weighted by Gasteiger charge is 2.37. The first-order valence-corrected chi connectivity index (χ1v) is 5.45. The molecular weight excluding hydrogens is 196 g/mol. The van der Waals surface area contributed by atoms with Crippen LogP contribution in [0, 0.1) is 11.8 Å². The molecule has 0 heterocycles. The van der Waals surface area contributed by atoms with E-state index >= 15 is 0 Å². The van der Waals surface area contributed by atoms with Crippen LogP contribution in [0.4, 0.5) is 0 Å². The minimum Gasteiger partial charge on any atom is -0.469 e. The molecule has 15 heavy (non-hydrogen) atoms. The molecule has 1 aliphatic rings. The number of carbonyl (C=O) groups excluding carboxylic acids is 2. The van der Waals surface area contributed by atoms with Crippen LogP contribution in [0.1, 0.15) is 32.6 Å². The van der Waals surface area contributed by atoms with Gasteiger partial charge in [0.25, 0.3) is 0 Å². The van der Waals surface area contributed by atoms with Gasteiger partial charge in [-0.05, 0) is 19.8 Å². The quantitative estimate of drug-likeness (QED) is 0.668. The molecule has 0 aromatic heterocycles. The average Bonchev–Trinajstić information content (AvgIpc) is 2.28. The number of esters is 2. The molecule has 0 aromatic carbocycles. The topological polar surface area (TPSA) is 52.6 Å². The van der Waals surface area contributed by atoms with Crippen LogP contribution in [-0.4, -0.2) is 25.7 Å². The molecule has 0 aromatic rings. The number of methoxy groups -OCH3 is 1. The van der Waals surface area contributed by atoms with E-state index in [4.69, 9.17) is 9.47 Å². The maximum absolute atomic E-state index is 11.6. The maximum Gasteiger partial charge on any atom is 0.309 e. The lowest BCUT2D eigenvalue weighted by Gasteiger charge is -2.27. The molecule has 0 amide bonds. The summed E-state index contributed by atoms with van der Waals surface area (Å²) in [5.41, 5.74) is 0. The summed E-state index contributed by atoms with van der Waals surface area (Å²) in [5.74, 6) is -1.14. The van der Waals surface area contributed by atoms with Crippen LogP contribution in [0.5, 0.6) is 0 Å². The van der Waals surface area contributed by atoms with Crippen LogP contribution in [-0.2, 0) is 19.1 Å². The van der Waals surface area contributed by atoms with Gasteiger partial charge in [-0.1, -0.05) is 12.8 Å². The van der Waals surface area contributed by atoms with Crippen molar-refractivity contribution in [1.82, 2.24) is 0 Å². The molecule has 4 nitrogen and oxygen atoms in total. The molecule has 0 spiro atoms. The largest absolute Gasteiger partial charge is 0.469 e. The number of hydrogen-bond acceptors (Lipinski definition) is 4. The fraction of sp³-hybridized carbons (Fsp3) is 0.818. The lowest BCUT2D eigenvalue weighted by atomic mass is 9.79. The fourth-order valence-corrected chi connectivity index (χ4v) is 2.10. The first-order valence-electron chi connectivity index (χ1n) is 5.45. The summed E-state index contributed by atoms with van der Waals surface area (Å²) < 4.78 is 9.66. The van der Waals surface area contributed by atoms with Crippen molar-refractivity contribution < 1.29 is 19.1 Å². The summed E-state index contributed by atoms with van der Waals surface area (Å²) in [5, 5.41) is 0. The monoisotopic (exact) mass is 214 g/mol. The third-order valence-corrected chi connectivity index (χ3v) is 2.86. The Bertz CT molecular complexity index is 237. The lowest BCUT2D eigenvalue weighted by Crippen LogP contribution is -2.34. The SMILES string of the molecule is CCOC(=O)C1CCCCC1C(=O)OC. The van der Waals surface area contributed by atoms with E-state index in [1.807, 2.05) is 0 Å². The van der Waals surface area contributed by atoms with E-state index < -0.39 is 0 Å². The van der Waals surface area contributed by atoms with Crippen molar-refractivity contribution in [2.24, 2.45) is 11.8 Å². The molecule has 1 aliphatic carbocycles. The molecule has 0 bridgehead atoms. The first kappa shape index (κ1) is 12.0. The Morgan fingerprint density at radius 3 is 2.13 bits per heavy atom. The molecule has 2 atom stereocenters. The summed E-state index contributed by atoms with van der Waals surface area (Å²) in [6, 6.07) is 0. The number of ether oxygens (including phenoxy) is 2. The highest BCUT2D eigenvalue weighted by molar-refractivity contribution is 5.82. The Morgan fingerprint density at radius 2 is 1.67 bits per heavy atom. The van der Waals surface area contributed by atoms with Crippen molar-refractivity contribution in [3.8, 4) is 0 Å². The van der Waals surface area contributed by atoms with Gasteiger partial charge >= 0.3 is 11.9 Å². The van der Waals surface area contributed by atoms with Gasteiger partial charge in [-0.15, -0.1) is 0 Å². The van der Waals surface area contributed by atoms with Gasteiger partial charge in [-0.3, -0.25) is 9.59 Å². The van der Waals surface area contributed by atoms with Crippen molar-refractivity contribution in [3.05, 3.63) is 0 Å². The van der Waals surface area contributed by atoms with Crippen molar-refractivity contribution in [2.75, 3.05) is 13.7 Å². The lowest BCUT2D eigenvalue weighted by molar-refractivity contribution is -0.161. The highest BCUT2D eigenvalue weighted by atomic mass is 16.5. The van der Waals surface area contributed by atoms with Gasteiger partial charge in [0.05, 0.1) is 25.6 Å². The van der Waals surface area contributed by atoms with Gasteiger partial charge in [-0.2, -0.15) is 0 Å². The smallest absolute Gasteiger partial charge is 0.309 e. The van der Waals surface area contributed by atoms with Crippen LogP contribution in [0.15, 0.2) is 0 Å². The third kappa shape index (κ3) is 2.94. The number of rotatable bonds is 3. The third-order valence-electron chi connectivity index (χ3n) is 2.86. The van der Waals surface area contributed by atoms with E-state index in [-0.39, 0.29) is 23.8 Å². The van der Waals surface area contributed by atoms with Crippen LogP contribution in [0.25, 0.3) is 0 Å². The average molecular weight is 214 g/mol. The van der Waals surface area contributed by atoms with Crippen molar-refractivity contribution in [3.63, 3.8) is 0 Å². The zero-order valence-corrected chi connectivity index (χ0v) is 9.32. The Morgan fingerprint density at radius 1 is 1.13 bits per heavy atom. The predicted molar refractivity (Wildman–Crippen MR) is 54.1 cm³/mol. The minimum absolute atomic E-state index is 0.257. The molecule has 2 unspecified atom stereocenters. The molecule has 0 N–H and O–H groups in total. The van der Waals surface area contributed by atoms with E-state index in [1.165, 1.54) is 7.11 Å². The molecular formula is C11H18O4. The van der Waals surface area contributed by atoms with E-state index in [2.05, 4.69) is 0 Å². The van der Waals surface area contributed by atoms with E-state index in [9.17, 15) is 9.59 Å². The Balaban J connectivity index is 2.65. The van der Waals surface area contributed by atoms with E-state index in [0.717, 1.165) is 25.7 Å². The molecule has 1 saturated carbocycles. The summed E-state index contributed by atoms with van der Waals surface area (Å²) in [6.45, 7) is 2.14. The van der Waals surface area contributed by atoms with Crippen molar-refractivity contribution >= 4 is 11.9 Å². The normalized spacial score (nSPS) is 25.7. The molecule has 0 saturated heterocycles. The molecule has 86 valence electrons. The Kier molecular flexibility index (Phi) is 4.59. The molecule has 4 heteroatoms. The minimum atomic E-state index is -0.303. The van der Waals surface area contributed by atoms with Crippen LogP contribution in [0.3, 0.4) is 0 Å². The molecule has 0 aliphatic heterocycles. The van der Waals surface area contributed by atoms with Gasteiger partial charge in [-0.25, -0.2) is 0 Å². The summed E-state index contributed by atoms with van der Waals surface area (Å²) in [4.78, 5) is 23.1. The zero-order valence-electron chi connectivity index (χ0n) is 9.32. The second kappa shape index (κ2) is 5.73. The predicted octanol–water partition coefficient (Wildman–Crippen LogP) is 1.53. The Hall–Kier alpha value is -1.06. The van der Waals surface area contributed by atoms with Crippen LogP contribution < -0.4 is 0 Å². The molecule has 0 radical (unpaired) electrons. The fourth-order valence-electron chi connectivity index (χ4n) is 2.10. The van der Waals surface area contributed by atoms with Gasteiger partial charge in [0.15, 0.2) is 0 Å². The highest BCUT2D eigenvalue weighted by Crippen LogP contribution is 2.31. The van der Waals surface area contributed by atoms with E-state index in [0.29, 0.717) is 6.61 Å². The zero-order chi connectivity index (χ0) is 11.3. The standard InChI is InChI=1S/C11H18O4/c1-3-15-11(13)9-7-5-4-6-8(9)10(12)14-2/h8-9H,3-7H2,1-2H3. The van der Waals surface area contributed by atoms with Gasteiger partial charge in [0, 0.05) is 0 Å². The Labute approximate surface area is 89.9 Å². The molecule has 1 rings (SSSR count). The van der Waals surface area contributed by atoms with Crippen LogP contribution >= 0.6 is 0 Å². The molecule has 1 fully saturated rings. The first-order chi connectivity index (χ1) is 7.20. The number of hydrogen-bond donors (Lipinski definition) is 0. The van der Waals surface area contributed by atoms with E-state index in [1.54, 1.807) is 6.92 Å². The summed E-state index contributed by atoms with van der Waals surface area (Å²) in [7, 11) is 1.36.